The lowest BCUT2D eigenvalue weighted by molar-refractivity contribution is -0.129. The van der Waals surface area contributed by atoms with E-state index in [1.54, 1.807) is 62.3 Å². The zero-order chi connectivity index (χ0) is 25.5. The fourth-order valence-corrected chi connectivity index (χ4v) is 5.21. The van der Waals surface area contributed by atoms with Crippen molar-refractivity contribution in [2.75, 3.05) is 27.7 Å². The third-order valence-electron chi connectivity index (χ3n) is 5.83. The van der Waals surface area contributed by atoms with E-state index in [-0.39, 0.29) is 28.1 Å². The highest BCUT2D eigenvalue weighted by molar-refractivity contribution is 7.89. The van der Waals surface area contributed by atoms with Crippen LogP contribution in [0, 0.1) is 5.92 Å². The molecule has 0 aliphatic heterocycles. The minimum Gasteiger partial charge on any atom is -0.496 e. The van der Waals surface area contributed by atoms with Crippen LogP contribution in [0.1, 0.15) is 44.2 Å². The molecule has 2 rings (SSSR count). The SMILES string of the molecule is CCCCc1cc(S(=O)(=O)N(O)[C@@](N)(C[C@@H](C)C(=O)CN(C)C)c2ccccc2)ccc1OC. The van der Waals surface area contributed by atoms with Gasteiger partial charge in [-0.1, -0.05) is 55.1 Å². The summed E-state index contributed by atoms with van der Waals surface area (Å²) in [6, 6.07) is 12.9. The molecule has 2 aromatic rings. The van der Waals surface area contributed by atoms with Gasteiger partial charge in [-0.25, -0.2) is 8.42 Å². The number of sulfonamides is 1. The van der Waals surface area contributed by atoms with E-state index in [1.165, 1.54) is 19.2 Å². The number of methoxy groups -OCH3 is 1. The fourth-order valence-electron chi connectivity index (χ4n) is 3.87. The van der Waals surface area contributed by atoms with E-state index in [1.807, 2.05) is 6.92 Å². The summed E-state index contributed by atoms with van der Waals surface area (Å²) < 4.78 is 32.7. The lowest BCUT2D eigenvalue weighted by atomic mass is 9.88. The second-order valence-electron chi connectivity index (χ2n) is 8.92. The highest BCUT2D eigenvalue weighted by Gasteiger charge is 2.44. The third-order valence-corrected chi connectivity index (χ3v) is 7.46. The second kappa shape index (κ2) is 11.9. The largest absolute Gasteiger partial charge is 0.496 e. The molecule has 8 nitrogen and oxygen atoms in total. The van der Waals surface area contributed by atoms with Crippen molar-refractivity contribution in [3.63, 3.8) is 0 Å². The van der Waals surface area contributed by atoms with Crippen LogP contribution in [0.5, 0.6) is 5.75 Å². The molecule has 0 fully saturated rings. The molecule has 2 atom stereocenters. The van der Waals surface area contributed by atoms with Crippen molar-refractivity contribution in [1.82, 2.24) is 9.37 Å². The second-order valence-corrected chi connectivity index (χ2v) is 10.7. The number of nitrogens with zero attached hydrogens (tertiary/aromatic N) is 2. The monoisotopic (exact) mass is 491 g/mol. The number of unbranched alkanes of at least 4 members (excludes halogenated alkanes) is 1. The topological polar surface area (TPSA) is 113 Å². The molecule has 0 saturated carbocycles. The lowest BCUT2D eigenvalue weighted by Gasteiger charge is -2.37. The van der Waals surface area contributed by atoms with E-state index in [4.69, 9.17) is 10.5 Å². The van der Waals surface area contributed by atoms with Gasteiger partial charge in [0.2, 0.25) is 0 Å². The molecule has 0 aliphatic carbocycles. The van der Waals surface area contributed by atoms with Crippen LogP contribution in [0.2, 0.25) is 0 Å². The van der Waals surface area contributed by atoms with Gasteiger partial charge in [0.1, 0.15) is 17.2 Å². The van der Waals surface area contributed by atoms with Gasteiger partial charge in [0.05, 0.1) is 18.6 Å². The van der Waals surface area contributed by atoms with Gasteiger partial charge < -0.3 is 15.4 Å². The Morgan fingerprint density at radius 3 is 2.38 bits per heavy atom. The molecule has 0 radical (unpaired) electrons. The van der Waals surface area contributed by atoms with E-state index in [2.05, 4.69) is 0 Å². The average Bonchev–Trinajstić information content (AvgIpc) is 2.81. The smallest absolute Gasteiger partial charge is 0.266 e. The summed E-state index contributed by atoms with van der Waals surface area (Å²) in [6.07, 6.45) is 2.33. The van der Waals surface area contributed by atoms with Gasteiger partial charge in [0.15, 0.2) is 0 Å². The zero-order valence-electron chi connectivity index (χ0n) is 20.7. The van der Waals surface area contributed by atoms with Gasteiger partial charge in [0, 0.05) is 5.92 Å². The summed E-state index contributed by atoms with van der Waals surface area (Å²) in [6.45, 7) is 3.92. The maximum Gasteiger partial charge on any atom is 0.266 e. The number of ketones is 1. The quantitative estimate of drug-likeness (QED) is 0.326. The Labute approximate surface area is 203 Å². The number of likely N-dealkylation sites (N-methyl/N-ethyl adjacent to an activating group) is 1. The Morgan fingerprint density at radius 2 is 1.82 bits per heavy atom. The van der Waals surface area contributed by atoms with E-state index < -0.39 is 21.6 Å². The Bertz CT molecular complexity index is 1060. The van der Waals surface area contributed by atoms with Crippen LogP contribution >= 0.6 is 0 Å². The number of benzene rings is 2. The molecule has 0 bridgehead atoms. The highest BCUT2D eigenvalue weighted by Crippen LogP contribution is 2.35. The van der Waals surface area contributed by atoms with Crippen molar-refractivity contribution in [1.29, 1.82) is 0 Å². The van der Waals surface area contributed by atoms with Gasteiger partial charge in [0.25, 0.3) is 10.0 Å². The molecule has 9 heteroatoms. The van der Waals surface area contributed by atoms with E-state index in [9.17, 15) is 18.4 Å². The summed E-state index contributed by atoms with van der Waals surface area (Å²) in [5.74, 6) is -0.122. The molecule has 0 unspecified atom stereocenters. The Balaban J connectivity index is 2.52. The molecule has 0 heterocycles. The van der Waals surface area contributed by atoms with Crippen molar-refractivity contribution in [2.45, 2.75) is 50.1 Å². The molecule has 188 valence electrons. The summed E-state index contributed by atoms with van der Waals surface area (Å²) >= 11 is 0. The van der Waals surface area contributed by atoms with Crippen LogP contribution < -0.4 is 10.5 Å². The first-order valence-corrected chi connectivity index (χ1v) is 12.8. The van der Waals surface area contributed by atoms with Gasteiger partial charge in [-0.05, 0) is 62.7 Å². The number of hydrogen-bond acceptors (Lipinski definition) is 7. The van der Waals surface area contributed by atoms with Crippen LogP contribution in [-0.4, -0.2) is 56.5 Å². The third kappa shape index (κ3) is 6.43. The molecule has 0 aromatic heterocycles. The molecular formula is C25H37N3O5S. The summed E-state index contributed by atoms with van der Waals surface area (Å²) in [5.41, 5.74) is 5.89. The van der Waals surface area contributed by atoms with Crippen LogP contribution in [0.3, 0.4) is 0 Å². The molecular weight excluding hydrogens is 454 g/mol. The van der Waals surface area contributed by atoms with Crippen molar-refractivity contribution in [2.24, 2.45) is 11.7 Å². The molecule has 34 heavy (non-hydrogen) atoms. The Morgan fingerprint density at radius 1 is 1.18 bits per heavy atom. The maximum absolute atomic E-state index is 13.6. The maximum atomic E-state index is 13.6. The number of ether oxygens (including phenoxy) is 1. The number of aryl methyl sites for hydroxylation is 1. The number of carbonyl (C=O) groups excluding carboxylic acids is 1. The number of rotatable bonds is 13. The van der Waals surface area contributed by atoms with E-state index >= 15 is 0 Å². The number of hydroxylamine groups is 1. The number of carbonyl (C=O) groups is 1. The highest BCUT2D eigenvalue weighted by atomic mass is 32.2. The number of Topliss-reactive ketones (excluding diaryl/α,β-unsaturated/α-hetero) is 1. The Hall–Kier alpha value is -2.30. The summed E-state index contributed by atoms with van der Waals surface area (Å²) in [4.78, 5) is 14.3. The fraction of sp³-hybridized carbons (Fsp3) is 0.480. The normalized spacial score (nSPS) is 14.7. The van der Waals surface area contributed by atoms with Crippen molar-refractivity contribution in [3.8, 4) is 5.75 Å². The van der Waals surface area contributed by atoms with Gasteiger partial charge in [-0.15, -0.1) is 0 Å². The first kappa shape index (κ1) is 27.9. The van der Waals surface area contributed by atoms with Gasteiger partial charge in [-0.2, -0.15) is 0 Å². The molecule has 0 saturated heterocycles. The van der Waals surface area contributed by atoms with E-state index in [0.717, 1.165) is 18.4 Å². The van der Waals surface area contributed by atoms with Crippen LogP contribution in [0.15, 0.2) is 53.4 Å². The summed E-state index contributed by atoms with van der Waals surface area (Å²) in [5, 5.41) is 11.2. The number of nitrogens with two attached hydrogens (primary N) is 1. The predicted octanol–water partition coefficient (Wildman–Crippen LogP) is 3.39. The minimum atomic E-state index is -4.43. The lowest BCUT2D eigenvalue weighted by Crippen LogP contribution is -2.55. The predicted molar refractivity (Wildman–Crippen MR) is 132 cm³/mol. The van der Waals surface area contributed by atoms with Crippen molar-refractivity contribution < 1.29 is 23.2 Å². The first-order valence-electron chi connectivity index (χ1n) is 11.4. The average molecular weight is 492 g/mol. The molecule has 3 N–H and O–H groups in total. The Kier molecular flexibility index (Phi) is 9.78. The van der Waals surface area contributed by atoms with Crippen molar-refractivity contribution >= 4 is 15.8 Å². The molecule has 0 spiro atoms. The van der Waals surface area contributed by atoms with Crippen LogP contribution in [-0.2, 0) is 26.9 Å². The zero-order valence-corrected chi connectivity index (χ0v) is 21.5. The van der Waals surface area contributed by atoms with Gasteiger partial charge >= 0.3 is 0 Å². The van der Waals surface area contributed by atoms with Crippen molar-refractivity contribution in [3.05, 3.63) is 59.7 Å². The number of hydrogen-bond donors (Lipinski definition) is 2. The standard InChI is InChI=1S/C25H37N3O5S/c1-6-7-11-20-16-22(14-15-24(20)33-5)34(31,32)28(30)25(26,21-12-9-8-10-13-21)17-19(2)23(29)18-27(3)4/h8-10,12-16,19,30H,6-7,11,17-18,26H2,1-5H3/t19-,25+/m1/s1. The van der Waals surface area contributed by atoms with Crippen LogP contribution in [0.25, 0.3) is 0 Å². The molecule has 0 aliphatic rings. The van der Waals surface area contributed by atoms with Crippen LogP contribution in [0.4, 0.5) is 0 Å². The minimum absolute atomic E-state index is 0.0973. The summed E-state index contributed by atoms with van der Waals surface area (Å²) in [7, 11) is 0.662. The molecule has 0 amide bonds. The molecule has 2 aromatic carbocycles. The first-order chi connectivity index (χ1) is 16.0. The van der Waals surface area contributed by atoms with Gasteiger partial charge in [-0.3, -0.25) is 10.0 Å². The van der Waals surface area contributed by atoms with E-state index in [0.29, 0.717) is 17.7 Å².